The molecule has 0 aliphatic rings. The molecule has 0 N–H and O–H groups in total. The first-order chi connectivity index (χ1) is 8.10. The second-order valence-corrected chi connectivity index (χ2v) is 3.84. The average molecular weight is 259 g/mol. The molecule has 0 aromatic heterocycles. The quantitative estimate of drug-likeness (QED) is 0.601. The van der Waals surface area contributed by atoms with Crippen LogP contribution in [0.3, 0.4) is 0 Å². The number of methoxy groups -OCH3 is 2. The third-order valence-electron chi connectivity index (χ3n) is 2.21. The van der Waals surface area contributed by atoms with Crippen LogP contribution in [0.4, 0.5) is 0 Å². The molecule has 0 radical (unpaired) electrons. The van der Waals surface area contributed by atoms with E-state index in [4.69, 9.17) is 21.1 Å². The molecule has 0 unspecified atom stereocenters. The number of aryl methyl sites for hydroxylation is 1. The van der Waals surface area contributed by atoms with E-state index in [-0.39, 0.29) is 0 Å². The molecule has 0 aliphatic heterocycles. The minimum atomic E-state index is -0.457. The maximum Gasteiger partial charge on any atom is 0.339 e. The zero-order valence-corrected chi connectivity index (χ0v) is 10.8. The SMILES string of the molecule is COCCOc1cc(Cl)c(C(=O)OC)cc1C. The number of hydrogen-bond donors (Lipinski definition) is 0. The fourth-order valence-corrected chi connectivity index (χ4v) is 1.55. The van der Waals surface area contributed by atoms with Crippen molar-refractivity contribution in [3.05, 3.63) is 28.3 Å². The Hall–Kier alpha value is -1.26. The highest BCUT2D eigenvalue weighted by Crippen LogP contribution is 2.27. The van der Waals surface area contributed by atoms with E-state index in [0.717, 1.165) is 5.56 Å². The van der Waals surface area contributed by atoms with Gasteiger partial charge in [0.25, 0.3) is 0 Å². The van der Waals surface area contributed by atoms with E-state index in [0.29, 0.717) is 29.5 Å². The molecule has 0 saturated heterocycles. The zero-order chi connectivity index (χ0) is 12.8. The van der Waals surface area contributed by atoms with Crippen LogP contribution in [0.5, 0.6) is 5.75 Å². The Bertz CT molecular complexity index is 404. The summed E-state index contributed by atoms with van der Waals surface area (Å²) in [6.45, 7) is 2.77. The molecular formula is C12H15ClO4. The molecule has 5 heteroatoms. The average Bonchev–Trinajstić information content (AvgIpc) is 2.32. The number of halogens is 1. The molecule has 1 rings (SSSR count). The van der Waals surface area contributed by atoms with E-state index in [9.17, 15) is 4.79 Å². The highest BCUT2D eigenvalue weighted by molar-refractivity contribution is 6.33. The Labute approximate surface area is 105 Å². The van der Waals surface area contributed by atoms with Crippen molar-refractivity contribution in [2.24, 2.45) is 0 Å². The standard InChI is InChI=1S/C12H15ClO4/c1-8-6-9(12(14)16-3)10(13)7-11(8)17-5-4-15-2/h6-7H,4-5H2,1-3H3. The monoisotopic (exact) mass is 258 g/mol. The molecule has 1 aromatic rings. The Kier molecular flexibility index (Phi) is 5.25. The second-order valence-electron chi connectivity index (χ2n) is 3.43. The van der Waals surface area contributed by atoms with E-state index in [1.54, 1.807) is 19.2 Å². The summed E-state index contributed by atoms with van der Waals surface area (Å²) in [6.07, 6.45) is 0. The summed E-state index contributed by atoms with van der Waals surface area (Å²) in [4.78, 5) is 11.4. The Balaban J connectivity index is 2.89. The van der Waals surface area contributed by atoms with Crippen LogP contribution in [0.15, 0.2) is 12.1 Å². The van der Waals surface area contributed by atoms with Gasteiger partial charge in [-0.3, -0.25) is 0 Å². The number of esters is 1. The third kappa shape index (κ3) is 3.61. The number of carbonyl (C=O) groups is 1. The van der Waals surface area contributed by atoms with Crippen LogP contribution in [0.25, 0.3) is 0 Å². The zero-order valence-electron chi connectivity index (χ0n) is 10.1. The van der Waals surface area contributed by atoms with Crippen molar-refractivity contribution in [3.8, 4) is 5.75 Å². The molecule has 0 heterocycles. The topological polar surface area (TPSA) is 44.8 Å². The van der Waals surface area contributed by atoms with Crippen LogP contribution in [-0.2, 0) is 9.47 Å². The van der Waals surface area contributed by atoms with Crippen LogP contribution >= 0.6 is 11.6 Å². The molecule has 0 atom stereocenters. The normalized spacial score (nSPS) is 10.1. The number of benzene rings is 1. The van der Waals surface area contributed by atoms with E-state index < -0.39 is 5.97 Å². The molecule has 94 valence electrons. The van der Waals surface area contributed by atoms with E-state index >= 15 is 0 Å². The molecule has 0 amide bonds. The second kappa shape index (κ2) is 6.47. The Morgan fingerprint density at radius 2 is 2.00 bits per heavy atom. The summed E-state index contributed by atoms with van der Waals surface area (Å²) >= 11 is 5.98. The number of carbonyl (C=O) groups excluding carboxylic acids is 1. The molecule has 4 nitrogen and oxygen atoms in total. The smallest absolute Gasteiger partial charge is 0.339 e. The molecular weight excluding hydrogens is 244 g/mol. The van der Waals surface area contributed by atoms with Gasteiger partial charge < -0.3 is 14.2 Å². The van der Waals surface area contributed by atoms with Gasteiger partial charge in [-0.25, -0.2) is 4.79 Å². The molecule has 0 fully saturated rings. The summed E-state index contributed by atoms with van der Waals surface area (Å²) < 4.78 is 15.0. The number of hydrogen-bond acceptors (Lipinski definition) is 4. The van der Waals surface area contributed by atoms with Crippen LogP contribution in [0.2, 0.25) is 5.02 Å². The van der Waals surface area contributed by atoms with E-state index in [1.165, 1.54) is 7.11 Å². The largest absolute Gasteiger partial charge is 0.491 e. The lowest BCUT2D eigenvalue weighted by atomic mass is 10.1. The first-order valence-corrected chi connectivity index (χ1v) is 5.48. The summed E-state index contributed by atoms with van der Waals surface area (Å²) in [5.74, 6) is 0.182. The summed E-state index contributed by atoms with van der Waals surface area (Å²) in [6, 6.07) is 3.26. The van der Waals surface area contributed by atoms with Gasteiger partial charge in [0.05, 0.1) is 24.3 Å². The van der Waals surface area contributed by atoms with Crippen molar-refractivity contribution in [1.29, 1.82) is 0 Å². The molecule has 0 spiro atoms. The molecule has 0 aliphatic carbocycles. The first-order valence-electron chi connectivity index (χ1n) is 5.10. The van der Waals surface area contributed by atoms with Crippen LogP contribution in [0, 0.1) is 6.92 Å². The van der Waals surface area contributed by atoms with Crippen molar-refractivity contribution in [2.75, 3.05) is 27.4 Å². The van der Waals surface area contributed by atoms with Gasteiger partial charge in [0, 0.05) is 7.11 Å². The van der Waals surface area contributed by atoms with Gasteiger partial charge in [-0.15, -0.1) is 0 Å². The van der Waals surface area contributed by atoms with Gasteiger partial charge in [-0.2, -0.15) is 0 Å². The molecule has 1 aromatic carbocycles. The lowest BCUT2D eigenvalue weighted by Gasteiger charge is -2.11. The minimum Gasteiger partial charge on any atom is -0.491 e. The predicted molar refractivity (Wildman–Crippen MR) is 64.9 cm³/mol. The highest BCUT2D eigenvalue weighted by Gasteiger charge is 2.13. The van der Waals surface area contributed by atoms with Crippen LogP contribution < -0.4 is 4.74 Å². The van der Waals surface area contributed by atoms with Gasteiger partial charge in [0.15, 0.2) is 0 Å². The van der Waals surface area contributed by atoms with Gasteiger partial charge >= 0.3 is 5.97 Å². The fourth-order valence-electron chi connectivity index (χ4n) is 1.32. The Morgan fingerprint density at radius 1 is 1.29 bits per heavy atom. The van der Waals surface area contributed by atoms with Gasteiger partial charge in [0.2, 0.25) is 0 Å². The third-order valence-corrected chi connectivity index (χ3v) is 2.53. The Morgan fingerprint density at radius 3 is 2.59 bits per heavy atom. The number of ether oxygens (including phenoxy) is 3. The minimum absolute atomic E-state index is 0.315. The lowest BCUT2D eigenvalue weighted by molar-refractivity contribution is 0.0600. The van der Waals surface area contributed by atoms with Crippen LogP contribution in [-0.4, -0.2) is 33.4 Å². The van der Waals surface area contributed by atoms with Crippen molar-refractivity contribution < 1.29 is 19.0 Å². The molecule has 0 saturated carbocycles. The summed E-state index contributed by atoms with van der Waals surface area (Å²) in [5.41, 5.74) is 1.16. The van der Waals surface area contributed by atoms with Gasteiger partial charge in [-0.05, 0) is 24.6 Å². The van der Waals surface area contributed by atoms with Gasteiger partial charge in [-0.1, -0.05) is 11.6 Å². The highest BCUT2D eigenvalue weighted by atomic mass is 35.5. The first kappa shape index (κ1) is 13.8. The summed E-state index contributed by atoms with van der Waals surface area (Å²) in [5, 5.41) is 0.315. The van der Waals surface area contributed by atoms with Gasteiger partial charge in [0.1, 0.15) is 12.4 Å². The number of rotatable bonds is 5. The van der Waals surface area contributed by atoms with E-state index in [1.807, 2.05) is 6.92 Å². The van der Waals surface area contributed by atoms with Crippen molar-refractivity contribution in [1.82, 2.24) is 0 Å². The molecule has 17 heavy (non-hydrogen) atoms. The summed E-state index contributed by atoms with van der Waals surface area (Å²) in [7, 11) is 2.92. The van der Waals surface area contributed by atoms with Crippen molar-refractivity contribution >= 4 is 17.6 Å². The lowest BCUT2D eigenvalue weighted by Crippen LogP contribution is -2.07. The fraction of sp³-hybridized carbons (Fsp3) is 0.417. The van der Waals surface area contributed by atoms with Crippen LogP contribution in [0.1, 0.15) is 15.9 Å². The predicted octanol–water partition coefficient (Wildman–Crippen LogP) is 2.46. The molecule has 0 bridgehead atoms. The maximum absolute atomic E-state index is 11.4. The maximum atomic E-state index is 11.4. The van der Waals surface area contributed by atoms with Crippen molar-refractivity contribution in [3.63, 3.8) is 0 Å². The van der Waals surface area contributed by atoms with Crippen molar-refractivity contribution in [2.45, 2.75) is 6.92 Å². The van der Waals surface area contributed by atoms with E-state index in [2.05, 4.69) is 4.74 Å².